The highest BCUT2D eigenvalue weighted by Crippen LogP contribution is 2.24. The SMILES string of the molecule is O=C(Cc1ccc2c(c1)CCC2)C1=CCCCC1. The largest absolute Gasteiger partial charge is 0.294 e. The molecule has 1 nitrogen and oxygen atoms in total. The Kier molecular flexibility index (Phi) is 3.31. The number of fused-ring (bicyclic) bond motifs is 1. The second kappa shape index (κ2) is 5.09. The van der Waals surface area contributed by atoms with Gasteiger partial charge in [-0.15, -0.1) is 0 Å². The summed E-state index contributed by atoms with van der Waals surface area (Å²) in [4.78, 5) is 12.2. The Morgan fingerprint density at radius 3 is 2.72 bits per heavy atom. The summed E-state index contributed by atoms with van der Waals surface area (Å²) in [5, 5.41) is 0. The van der Waals surface area contributed by atoms with Crippen LogP contribution in [-0.4, -0.2) is 5.78 Å². The zero-order valence-corrected chi connectivity index (χ0v) is 10.9. The molecule has 0 amide bonds. The molecule has 0 aromatic heterocycles. The highest BCUT2D eigenvalue weighted by molar-refractivity contribution is 5.96. The van der Waals surface area contributed by atoms with Gasteiger partial charge in [0, 0.05) is 6.42 Å². The van der Waals surface area contributed by atoms with Crippen LogP contribution in [0, 0.1) is 0 Å². The van der Waals surface area contributed by atoms with E-state index in [9.17, 15) is 4.79 Å². The van der Waals surface area contributed by atoms with Crippen molar-refractivity contribution in [1.29, 1.82) is 0 Å². The molecule has 0 heterocycles. The van der Waals surface area contributed by atoms with Crippen molar-refractivity contribution in [3.05, 3.63) is 46.5 Å². The molecular weight excluding hydrogens is 220 g/mol. The number of rotatable bonds is 3. The third-order valence-corrected chi connectivity index (χ3v) is 4.18. The van der Waals surface area contributed by atoms with Crippen LogP contribution in [0.1, 0.15) is 48.8 Å². The molecule has 2 aliphatic carbocycles. The summed E-state index contributed by atoms with van der Waals surface area (Å²) in [5.41, 5.74) is 5.23. The lowest BCUT2D eigenvalue weighted by atomic mass is 9.92. The Bertz CT molecular complexity index is 496. The van der Waals surface area contributed by atoms with Gasteiger partial charge in [-0.25, -0.2) is 0 Å². The number of carbonyl (C=O) groups is 1. The summed E-state index contributed by atoms with van der Waals surface area (Å²) in [5.74, 6) is 0.340. The summed E-state index contributed by atoms with van der Waals surface area (Å²) in [6, 6.07) is 6.62. The zero-order valence-electron chi connectivity index (χ0n) is 10.9. The number of benzene rings is 1. The summed E-state index contributed by atoms with van der Waals surface area (Å²) >= 11 is 0. The van der Waals surface area contributed by atoms with Gasteiger partial charge in [-0.05, 0) is 67.2 Å². The van der Waals surface area contributed by atoms with E-state index < -0.39 is 0 Å². The van der Waals surface area contributed by atoms with Crippen molar-refractivity contribution in [2.75, 3.05) is 0 Å². The lowest BCUT2D eigenvalue weighted by Crippen LogP contribution is -2.09. The third-order valence-electron chi connectivity index (χ3n) is 4.18. The van der Waals surface area contributed by atoms with E-state index in [0.29, 0.717) is 12.2 Å². The number of carbonyl (C=O) groups excluding carboxylic acids is 1. The average molecular weight is 240 g/mol. The van der Waals surface area contributed by atoms with E-state index in [1.54, 1.807) is 0 Å². The first-order valence-corrected chi connectivity index (χ1v) is 7.16. The van der Waals surface area contributed by atoms with E-state index in [-0.39, 0.29) is 0 Å². The Morgan fingerprint density at radius 1 is 1.00 bits per heavy atom. The first-order chi connectivity index (χ1) is 8.83. The van der Waals surface area contributed by atoms with Crippen molar-refractivity contribution in [3.8, 4) is 0 Å². The van der Waals surface area contributed by atoms with Crippen LogP contribution in [0.5, 0.6) is 0 Å². The molecule has 0 spiro atoms. The van der Waals surface area contributed by atoms with Gasteiger partial charge in [0.2, 0.25) is 0 Å². The third kappa shape index (κ3) is 2.40. The number of ketones is 1. The van der Waals surface area contributed by atoms with Gasteiger partial charge >= 0.3 is 0 Å². The maximum atomic E-state index is 12.2. The van der Waals surface area contributed by atoms with Crippen LogP contribution in [-0.2, 0) is 24.1 Å². The van der Waals surface area contributed by atoms with E-state index in [1.165, 1.54) is 48.8 Å². The topological polar surface area (TPSA) is 17.1 Å². The second-order valence-corrected chi connectivity index (χ2v) is 5.53. The van der Waals surface area contributed by atoms with Crippen LogP contribution in [0.15, 0.2) is 29.8 Å². The summed E-state index contributed by atoms with van der Waals surface area (Å²) in [6.07, 6.45) is 10.9. The molecule has 0 saturated carbocycles. The minimum absolute atomic E-state index is 0.340. The van der Waals surface area contributed by atoms with Gasteiger partial charge in [0.25, 0.3) is 0 Å². The minimum atomic E-state index is 0.340. The molecule has 3 rings (SSSR count). The molecule has 0 N–H and O–H groups in total. The quantitative estimate of drug-likeness (QED) is 0.785. The van der Waals surface area contributed by atoms with Gasteiger partial charge in [-0.2, -0.15) is 0 Å². The normalized spacial score (nSPS) is 18.3. The van der Waals surface area contributed by atoms with Gasteiger partial charge < -0.3 is 0 Å². The van der Waals surface area contributed by atoms with Crippen LogP contribution in [0.3, 0.4) is 0 Å². The molecular formula is C17H20O. The first-order valence-electron chi connectivity index (χ1n) is 7.16. The van der Waals surface area contributed by atoms with Crippen LogP contribution < -0.4 is 0 Å². The Hall–Kier alpha value is -1.37. The number of hydrogen-bond donors (Lipinski definition) is 0. The molecule has 2 aliphatic rings. The van der Waals surface area contributed by atoms with E-state index in [0.717, 1.165) is 18.4 Å². The molecule has 0 fully saturated rings. The highest BCUT2D eigenvalue weighted by Gasteiger charge is 2.15. The molecule has 1 aromatic rings. The predicted molar refractivity (Wildman–Crippen MR) is 73.7 cm³/mol. The predicted octanol–water partition coefficient (Wildman–Crippen LogP) is 3.79. The Labute approximate surface area is 109 Å². The highest BCUT2D eigenvalue weighted by atomic mass is 16.1. The summed E-state index contributed by atoms with van der Waals surface area (Å²) in [6.45, 7) is 0. The van der Waals surface area contributed by atoms with Crippen molar-refractivity contribution in [1.82, 2.24) is 0 Å². The van der Waals surface area contributed by atoms with Gasteiger partial charge in [-0.1, -0.05) is 24.3 Å². The molecule has 0 radical (unpaired) electrons. The standard InChI is InChI=1S/C17H20O/c18-17(15-5-2-1-3-6-15)12-13-9-10-14-7-4-8-16(14)11-13/h5,9-11H,1-4,6-8,12H2. The number of allylic oxidation sites excluding steroid dienone is 2. The van der Waals surface area contributed by atoms with E-state index >= 15 is 0 Å². The fourth-order valence-electron chi connectivity index (χ4n) is 3.13. The number of hydrogen-bond acceptors (Lipinski definition) is 1. The minimum Gasteiger partial charge on any atom is -0.294 e. The smallest absolute Gasteiger partial charge is 0.162 e. The van der Waals surface area contributed by atoms with Crippen molar-refractivity contribution in [2.45, 2.75) is 51.4 Å². The van der Waals surface area contributed by atoms with Gasteiger partial charge in [0.1, 0.15) is 0 Å². The number of aryl methyl sites for hydroxylation is 2. The molecule has 1 heteroatoms. The molecule has 0 aliphatic heterocycles. The molecule has 0 atom stereocenters. The van der Waals surface area contributed by atoms with Crippen LogP contribution in [0.2, 0.25) is 0 Å². The lowest BCUT2D eigenvalue weighted by molar-refractivity contribution is -0.115. The van der Waals surface area contributed by atoms with Crippen LogP contribution in [0.25, 0.3) is 0 Å². The molecule has 0 unspecified atom stereocenters. The Morgan fingerprint density at radius 2 is 1.89 bits per heavy atom. The van der Waals surface area contributed by atoms with Crippen LogP contribution in [0.4, 0.5) is 0 Å². The fraction of sp³-hybridized carbons (Fsp3) is 0.471. The zero-order chi connectivity index (χ0) is 12.4. The van der Waals surface area contributed by atoms with E-state index in [4.69, 9.17) is 0 Å². The number of Topliss-reactive ketones (excluding diaryl/α,β-unsaturated/α-hetero) is 1. The monoisotopic (exact) mass is 240 g/mol. The van der Waals surface area contributed by atoms with Crippen LogP contribution >= 0.6 is 0 Å². The average Bonchev–Trinajstić information content (AvgIpc) is 2.87. The van der Waals surface area contributed by atoms with Gasteiger partial charge in [-0.3, -0.25) is 4.79 Å². The van der Waals surface area contributed by atoms with Crippen molar-refractivity contribution in [2.24, 2.45) is 0 Å². The van der Waals surface area contributed by atoms with Crippen molar-refractivity contribution < 1.29 is 4.79 Å². The molecule has 0 bridgehead atoms. The van der Waals surface area contributed by atoms with Gasteiger partial charge in [0.15, 0.2) is 5.78 Å². The second-order valence-electron chi connectivity index (χ2n) is 5.53. The van der Waals surface area contributed by atoms with E-state index in [2.05, 4.69) is 24.3 Å². The first kappa shape index (κ1) is 11.7. The molecule has 0 saturated heterocycles. The Balaban J connectivity index is 1.72. The molecule has 1 aromatic carbocycles. The van der Waals surface area contributed by atoms with Gasteiger partial charge in [0.05, 0.1) is 0 Å². The molecule has 18 heavy (non-hydrogen) atoms. The summed E-state index contributed by atoms with van der Waals surface area (Å²) in [7, 11) is 0. The maximum Gasteiger partial charge on any atom is 0.162 e. The van der Waals surface area contributed by atoms with Crippen molar-refractivity contribution in [3.63, 3.8) is 0 Å². The fourth-order valence-corrected chi connectivity index (χ4v) is 3.13. The van der Waals surface area contributed by atoms with E-state index in [1.807, 2.05) is 0 Å². The molecule has 94 valence electrons. The lowest BCUT2D eigenvalue weighted by Gasteiger charge is -2.12. The van der Waals surface area contributed by atoms with Crippen molar-refractivity contribution >= 4 is 5.78 Å². The maximum absolute atomic E-state index is 12.2. The summed E-state index contributed by atoms with van der Waals surface area (Å²) < 4.78 is 0.